The quantitative estimate of drug-likeness (QED) is 0.579. The minimum atomic E-state index is 0.166. The van der Waals surface area contributed by atoms with Crippen molar-refractivity contribution in [3.05, 3.63) is 41.6 Å². The van der Waals surface area contributed by atoms with Gasteiger partial charge >= 0.3 is 0 Å². The van der Waals surface area contributed by atoms with E-state index in [4.69, 9.17) is 9.15 Å². The highest BCUT2D eigenvalue weighted by atomic mass is 16.5. The number of nitrogens with zero attached hydrogens (tertiary/aromatic N) is 6. The van der Waals surface area contributed by atoms with E-state index in [0.29, 0.717) is 24.0 Å². The van der Waals surface area contributed by atoms with E-state index in [-0.39, 0.29) is 12.0 Å². The van der Waals surface area contributed by atoms with Gasteiger partial charge in [-0.3, -0.25) is 0 Å². The van der Waals surface area contributed by atoms with Gasteiger partial charge in [0, 0.05) is 23.5 Å². The molecule has 0 saturated heterocycles. The van der Waals surface area contributed by atoms with E-state index in [2.05, 4.69) is 31.7 Å². The van der Waals surface area contributed by atoms with Crippen LogP contribution in [0.25, 0.3) is 17.5 Å². The van der Waals surface area contributed by atoms with E-state index in [1.54, 1.807) is 11.9 Å². The summed E-state index contributed by atoms with van der Waals surface area (Å²) in [5.74, 6) is 2.96. The summed E-state index contributed by atoms with van der Waals surface area (Å²) in [4.78, 5) is 1.60. The lowest BCUT2D eigenvalue weighted by atomic mass is 10.1. The summed E-state index contributed by atoms with van der Waals surface area (Å²) in [5.41, 5.74) is 1.85. The molecule has 0 radical (unpaired) electrons. The third-order valence-corrected chi connectivity index (χ3v) is 4.18. The molecular weight excluding hydrogens is 356 g/mol. The van der Waals surface area contributed by atoms with Crippen molar-refractivity contribution in [2.24, 2.45) is 0 Å². The first-order valence-electron chi connectivity index (χ1n) is 9.44. The van der Waals surface area contributed by atoms with E-state index in [0.717, 1.165) is 23.3 Å². The van der Waals surface area contributed by atoms with Crippen molar-refractivity contribution in [3.63, 3.8) is 0 Å². The molecule has 8 nitrogen and oxygen atoms in total. The van der Waals surface area contributed by atoms with Crippen molar-refractivity contribution in [2.75, 3.05) is 7.11 Å². The van der Waals surface area contributed by atoms with Crippen LogP contribution in [0.4, 0.5) is 0 Å². The molecule has 3 rings (SSSR count). The van der Waals surface area contributed by atoms with Gasteiger partial charge in [0.05, 0.1) is 13.2 Å². The monoisotopic (exact) mass is 382 g/mol. The van der Waals surface area contributed by atoms with E-state index >= 15 is 0 Å². The Morgan fingerprint density at radius 2 is 1.96 bits per heavy atom. The van der Waals surface area contributed by atoms with Gasteiger partial charge in [-0.1, -0.05) is 26.0 Å². The number of rotatable bonds is 8. The topological polar surface area (TPSA) is 91.8 Å². The van der Waals surface area contributed by atoms with Crippen molar-refractivity contribution >= 4 is 6.08 Å². The summed E-state index contributed by atoms with van der Waals surface area (Å²) in [7, 11) is 1.66. The number of aromatic nitrogens is 6. The zero-order valence-electron chi connectivity index (χ0n) is 17.0. The summed E-state index contributed by atoms with van der Waals surface area (Å²) >= 11 is 0. The van der Waals surface area contributed by atoms with Gasteiger partial charge in [-0.25, -0.2) is 0 Å². The molecule has 0 aliphatic rings. The number of hydrogen-bond donors (Lipinski definition) is 0. The number of tetrazole rings is 1. The van der Waals surface area contributed by atoms with Crippen LogP contribution in [0.1, 0.15) is 63.4 Å². The van der Waals surface area contributed by atoms with Crippen LogP contribution in [0.15, 0.2) is 28.7 Å². The minimum Gasteiger partial charge on any atom is -0.496 e. The third kappa shape index (κ3) is 4.62. The summed E-state index contributed by atoms with van der Waals surface area (Å²) < 4.78 is 11.1. The van der Waals surface area contributed by atoms with Crippen LogP contribution in [-0.2, 0) is 6.42 Å². The number of methoxy groups -OCH3 is 1. The van der Waals surface area contributed by atoms with Crippen molar-refractivity contribution < 1.29 is 9.15 Å². The van der Waals surface area contributed by atoms with Gasteiger partial charge < -0.3 is 9.15 Å². The Bertz CT molecular complexity index is 942. The summed E-state index contributed by atoms with van der Waals surface area (Å²) in [6.45, 7) is 8.10. The lowest BCUT2D eigenvalue weighted by Gasteiger charge is -2.06. The molecule has 1 aromatic carbocycles. The van der Waals surface area contributed by atoms with Gasteiger partial charge in [0.25, 0.3) is 0 Å². The lowest BCUT2D eigenvalue weighted by molar-refractivity contribution is 0.414. The third-order valence-electron chi connectivity index (χ3n) is 4.18. The highest BCUT2D eigenvalue weighted by Crippen LogP contribution is 2.26. The van der Waals surface area contributed by atoms with Crippen molar-refractivity contribution in [3.8, 4) is 17.1 Å². The maximum absolute atomic E-state index is 5.63. The number of ether oxygens (including phenoxy) is 1. The summed E-state index contributed by atoms with van der Waals surface area (Å²) in [6, 6.07) is 6.02. The summed E-state index contributed by atoms with van der Waals surface area (Å²) in [5, 5.41) is 20.8. The highest BCUT2D eigenvalue weighted by molar-refractivity contribution is 5.66. The maximum atomic E-state index is 5.63. The second kappa shape index (κ2) is 8.77. The van der Waals surface area contributed by atoms with Crippen LogP contribution >= 0.6 is 0 Å². The van der Waals surface area contributed by atoms with Crippen molar-refractivity contribution in [1.82, 2.24) is 30.4 Å². The summed E-state index contributed by atoms with van der Waals surface area (Å²) in [6.07, 6.45) is 5.57. The van der Waals surface area contributed by atoms with Crippen LogP contribution < -0.4 is 4.74 Å². The first-order valence-corrected chi connectivity index (χ1v) is 9.44. The van der Waals surface area contributed by atoms with E-state index in [9.17, 15) is 0 Å². The average molecular weight is 382 g/mol. The molecule has 2 heterocycles. The second-order valence-electron chi connectivity index (χ2n) is 7.11. The lowest BCUT2D eigenvalue weighted by Crippen LogP contribution is -2.04. The Morgan fingerprint density at radius 1 is 1.14 bits per heavy atom. The van der Waals surface area contributed by atoms with E-state index < -0.39 is 0 Å². The van der Waals surface area contributed by atoms with E-state index in [1.165, 1.54) is 0 Å². The fraction of sp³-hybridized carbons (Fsp3) is 0.450. The molecule has 2 aromatic heterocycles. The number of aryl methyl sites for hydroxylation is 1. The van der Waals surface area contributed by atoms with Gasteiger partial charge in [0.1, 0.15) is 5.75 Å². The van der Waals surface area contributed by atoms with Crippen LogP contribution in [0.2, 0.25) is 0 Å². The van der Waals surface area contributed by atoms with Gasteiger partial charge in [0.15, 0.2) is 0 Å². The van der Waals surface area contributed by atoms with Crippen molar-refractivity contribution in [2.45, 2.75) is 52.5 Å². The zero-order chi connectivity index (χ0) is 20.1. The molecule has 0 amide bonds. The molecule has 148 valence electrons. The molecule has 8 heteroatoms. The fourth-order valence-electron chi connectivity index (χ4n) is 2.58. The minimum absolute atomic E-state index is 0.166. The van der Waals surface area contributed by atoms with Gasteiger partial charge in [-0.2, -0.15) is 4.80 Å². The zero-order valence-corrected chi connectivity index (χ0v) is 17.0. The molecular formula is C20H26N6O2. The van der Waals surface area contributed by atoms with Crippen LogP contribution in [0, 0.1) is 0 Å². The molecule has 3 aromatic rings. The second-order valence-corrected chi connectivity index (χ2v) is 7.11. The largest absolute Gasteiger partial charge is 0.496 e. The first kappa shape index (κ1) is 19.7. The van der Waals surface area contributed by atoms with E-state index in [1.807, 2.05) is 52.0 Å². The normalized spacial score (nSPS) is 11.8. The molecule has 0 aliphatic carbocycles. The molecule has 0 spiro atoms. The molecule has 0 aliphatic heterocycles. The van der Waals surface area contributed by atoms with Gasteiger partial charge in [-0.05, 0) is 43.7 Å². The number of hydrogen-bond acceptors (Lipinski definition) is 7. The smallest absolute Gasteiger partial charge is 0.219 e. The Hall–Kier alpha value is -3.03. The molecule has 0 atom stereocenters. The van der Waals surface area contributed by atoms with Crippen LogP contribution in [0.5, 0.6) is 5.75 Å². The Morgan fingerprint density at radius 3 is 2.61 bits per heavy atom. The Balaban J connectivity index is 1.71. The van der Waals surface area contributed by atoms with Crippen LogP contribution in [0.3, 0.4) is 0 Å². The maximum Gasteiger partial charge on any atom is 0.219 e. The molecule has 0 saturated carbocycles. The average Bonchev–Trinajstić information content (AvgIpc) is 3.35. The predicted molar refractivity (Wildman–Crippen MR) is 106 cm³/mol. The molecule has 28 heavy (non-hydrogen) atoms. The SMILES string of the molecule is COc1ccc(-c2nnn(C(C)C)n2)cc1/C=C/CCc1nnc(C(C)C)o1. The number of benzene rings is 1. The number of allylic oxidation sites excluding steroid dienone is 1. The van der Waals surface area contributed by atoms with Gasteiger partial charge in [0.2, 0.25) is 17.6 Å². The highest BCUT2D eigenvalue weighted by Gasteiger charge is 2.11. The molecule has 0 bridgehead atoms. The fourth-order valence-corrected chi connectivity index (χ4v) is 2.58. The van der Waals surface area contributed by atoms with Crippen molar-refractivity contribution in [1.29, 1.82) is 0 Å². The standard InChI is InChI=1S/C20H26N6O2/c1-13(2)20-23-21-18(28-20)9-7-6-8-15-12-16(10-11-17(15)27-5)19-22-25-26(24-19)14(3)4/h6,8,10-14H,7,9H2,1-5H3/b8-6+. The predicted octanol–water partition coefficient (Wildman–Crippen LogP) is 4.08. The Labute approximate surface area is 164 Å². The molecule has 0 fully saturated rings. The van der Waals surface area contributed by atoms with Crippen LogP contribution in [-0.4, -0.2) is 37.5 Å². The first-order chi connectivity index (χ1) is 13.5. The van der Waals surface area contributed by atoms with Gasteiger partial charge in [-0.15, -0.1) is 20.4 Å². The molecule has 0 N–H and O–H groups in total. The molecule has 0 unspecified atom stereocenters. The Kier molecular flexibility index (Phi) is 6.18.